The number of amides is 2. The molecule has 7 nitrogen and oxygen atoms in total. The van der Waals surface area contributed by atoms with Crippen molar-refractivity contribution in [2.75, 3.05) is 24.7 Å². The Balaban J connectivity index is 1.46. The number of halogens is 2. The zero-order valence-corrected chi connectivity index (χ0v) is 17.7. The number of anilines is 1. The van der Waals surface area contributed by atoms with E-state index in [1.54, 1.807) is 49.4 Å². The average molecular weight is 451 g/mol. The molecule has 0 radical (unpaired) electrons. The van der Waals surface area contributed by atoms with Crippen molar-refractivity contribution in [2.24, 2.45) is 0 Å². The molecule has 0 bridgehead atoms. The molecule has 9 heteroatoms. The standard InChI is InChI=1S/C21H20Cl2N2O5/c1-13(14-6-7-15(22)16(23)10-14)24-19(26)11-30-21(28)8-9-25-17-4-2-3-5-18(17)29-12-20(25)27/h2-7,10,13H,8-9,11-12H2,1H3,(H,24,26). The van der Waals surface area contributed by atoms with Gasteiger partial charge in [0.05, 0.1) is 28.2 Å². The smallest absolute Gasteiger partial charge is 0.308 e. The first-order valence-corrected chi connectivity index (χ1v) is 10.0. The van der Waals surface area contributed by atoms with E-state index in [4.69, 9.17) is 32.7 Å². The molecule has 0 saturated carbocycles. The summed E-state index contributed by atoms with van der Waals surface area (Å²) in [4.78, 5) is 37.7. The summed E-state index contributed by atoms with van der Waals surface area (Å²) in [6.07, 6.45) is -0.0459. The van der Waals surface area contributed by atoms with Crippen molar-refractivity contribution in [3.8, 4) is 5.75 Å². The van der Waals surface area contributed by atoms with E-state index in [9.17, 15) is 14.4 Å². The summed E-state index contributed by atoms with van der Waals surface area (Å²) in [6, 6.07) is 11.8. The summed E-state index contributed by atoms with van der Waals surface area (Å²) in [7, 11) is 0. The molecule has 2 aromatic carbocycles. The number of para-hydroxylation sites is 2. The summed E-state index contributed by atoms with van der Waals surface area (Å²) in [5.41, 5.74) is 1.38. The number of nitrogens with zero attached hydrogens (tertiary/aromatic N) is 1. The Kier molecular flexibility index (Phi) is 7.18. The van der Waals surface area contributed by atoms with Gasteiger partial charge in [-0.1, -0.05) is 41.4 Å². The van der Waals surface area contributed by atoms with Crippen LogP contribution in [0.25, 0.3) is 0 Å². The molecule has 2 aromatic rings. The van der Waals surface area contributed by atoms with Crippen molar-refractivity contribution in [3.05, 3.63) is 58.1 Å². The molecule has 158 valence electrons. The Morgan fingerprint density at radius 3 is 2.73 bits per heavy atom. The van der Waals surface area contributed by atoms with Crippen molar-refractivity contribution in [1.29, 1.82) is 0 Å². The molecule has 2 amide bonds. The van der Waals surface area contributed by atoms with Gasteiger partial charge in [-0.2, -0.15) is 0 Å². The lowest BCUT2D eigenvalue weighted by molar-refractivity contribution is -0.148. The Labute approximate surface area is 183 Å². The zero-order chi connectivity index (χ0) is 21.7. The highest BCUT2D eigenvalue weighted by molar-refractivity contribution is 6.42. The van der Waals surface area contributed by atoms with Gasteiger partial charge in [-0.25, -0.2) is 0 Å². The minimum Gasteiger partial charge on any atom is -0.482 e. The van der Waals surface area contributed by atoms with Crippen LogP contribution in [0.15, 0.2) is 42.5 Å². The lowest BCUT2D eigenvalue weighted by Crippen LogP contribution is -2.40. The molecule has 1 aliphatic rings. The Hall–Kier alpha value is -2.77. The predicted molar refractivity (Wildman–Crippen MR) is 113 cm³/mol. The number of esters is 1. The number of ether oxygens (including phenoxy) is 2. The number of hydrogen-bond acceptors (Lipinski definition) is 5. The maximum Gasteiger partial charge on any atom is 0.308 e. The highest BCUT2D eigenvalue weighted by Crippen LogP contribution is 2.31. The van der Waals surface area contributed by atoms with E-state index >= 15 is 0 Å². The number of carbonyl (C=O) groups is 3. The SMILES string of the molecule is CC(NC(=O)COC(=O)CCN1C(=O)COc2ccccc21)c1ccc(Cl)c(Cl)c1. The van der Waals surface area contributed by atoms with E-state index in [-0.39, 0.29) is 31.5 Å². The highest BCUT2D eigenvalue weighted by Gasteiger charge is 2.25. The van der Waals surface area contributed by atoms with Crippen LogP contribution in [0.4, 0.5) is 5.69 Å². The first-order valence-electron chi connectivity index (χ1n) is 9.27. The molecule has 0 saturated heterocycles. The molecule has 3 rings (SSSR count). The van der Waals surface area contributed by atoms with Crippen LogP contribution in [0.1, 0.15) is 24.9 Å². The highest BCUT2D eigenvalue weighted by atomic mass is 35.5. The molecule has 1 heterocycles. The first-order chi connectivity index (χ1) is 14.3. The van der Waals surface area contributed by atoms with Crippen molar-refractivity contribution in [1.82, 2.24) is 5.32 Å². The second-order valence-corrected chi connectivity index (χ2v) is 7.49. The van der Waals surface area contributed by atoms with Gasteiger partial charge in [0.15, 0.2) is 13.2 Å². The van der Waals surface area contributed by atoms with Gasteiger partial charge in [0.1, 0.15) is 5.75 Å². The van der Waals surface area contributed by atoms with Crippen molar-refractivity contribution in [3.63, 3.8) is 0 Å². The maximum absolute atomic E-state index is 12.1. The van der Waals surface area contributed by atoms with Crippen LogP contribution in [-0.4, -0.2) is 37.5 Å². The van der Waals surface area contributed by atoms with Gasteiger partial charge < -0.3 is 19.7 Å². The fraction of sp³-hybridized carbons (Fsp3) is 0.286. The van der Waals surface area contributed by atoms with E-state index in [2.05, 4.69) is 5.32 Å². The molecule has 0 fully saturated rings. The molecule has 0 aliphatic carbocycles. The van der Waals surface area contributed by atoms with E-state index in [0.717, 1.165) is 5.56 Å². The largest absolute Gasteiger partial charge is 0.482 e. The zero-order valence-electron chi connectivity index (χ0n) is 16.2. The summed E-state index contributed by atoms with van der Waals surface area (Å²) >= 11 is 11.9. The lowest BCUT2D eigenvalue weighted by Gasteiger charge is -2.28. The maximum atomic E-state index is 12.1. The molecular formula is C21H20Cl2N2O5. The van der Waals surface area contributed by atoms with Crippen molar-refractivity contribution < 1.29 is 23.9 Å². The van der Waals surface area contributed by atoms with E-state index in [1.807, 2.05) is 0 Å². The molecule has 1 aliphatic heterocycles. The van der Waals surface area contributed by atoms with Gasteiger partial charge in [0.2, 0.25) is 0 Å². The average Bonchev–Trinajstić information content (AvgIpc) is 2.73. The monoisotopic (exact) mass is 450 g/mol. The molecule has 1 N–H and O–H groups in total. The Morgan fingerprint density at radius 2 is 1.97 bits per heavy atom. The summed E-state index contributed by atoms with van der Waals surface area (Å²) in [5.74, 6) is -0.686. The number of nitrogens with one attached hydrogen (secondary N) is 1. The van der Waals surface area contributed by atoms with Crippen LogP contribution in [0, 0.1) is 0 Å². The second-order valence-electron chi connectivity index (χ2n) is 6.68. The predicted octanol–water partition coefficient (Wildman–Crippen LogP) is 3.53. The van der Waals surface area contributed by atoms with Crippen molar-refractivity contribution in [2.45, 2.75) is 19.4 Å². The van der Waals surface area contributed by atoms with Crippen LogP contribution in [0.3, 0.4) is 0 Å². The van der Waals surface area contributed by atoms with Gasteiger partial charge >= 0.3 is 5.97 Å². The van der Waals surface area contributed by atoms with Gasteiger partial charge in [-0.3, -0.25) is 14.4 Å². The minimum absolute atomic E-state index is 0.0459. The summed E-state index contributed by atoms with van der Waals surface area (Å²) in [6.45, 7) is 1.42. The minimum atomic E-state index is -0.580. The van der Waals surface area contributed by atoms with Crippen LogP contribution >= 0.6 is 23.2 Å². The van der Waals surface area contributed by atoms with Crippen LogP contribution in [-0.2, 0) is 19.1 Å². The number of hydrogen-bond donors (Lipinski definition) is 1. The van der Waals surface area contributed by atoms with Gasteiger partial charge in [0, 0.05) is 6.54 Å². The molecular weight excluding hydrogens is 431 g/mol. The third kappa shape index (κ3) is 5.43. The Morgan fingerprint density at radius 1 is 1.20 bits per heavy atom. The number of benzene rings is 2. The van der Waals surface area contributed by atoms with Crippen molar-refractivity contribution >= 4 is 46.7 Å². The molecule has 0 spiro atoms. The number of rotatable bonds is 7. The quantitative estimate of drug-likeness (QED) is 0.652. The second kappa shape index (κ2) is 9.82. The third-order valence-corrected chi connectivity index (χ3v) is 5.27. The van der Waals surface area contributed by atoms with Crippen LogP contribution in [0.5, 0.6) is 5.75 Å². The number of fused-ring (bicyclic) bond motifs is 1. The van der Waals surface area contributed by atoms with E-state index in [1.165, 1.54) is 4.90 Å². The Bertz CT molecular complexity index is 966. The molecule has 1 atom stereocenters. The van der Waals surface area contributed by atoms with Crippen LogP contribution < -0.4 is 15.0 Å². The first kappa shape index (κ1) is 21.9. The van der Waals surface area contributed by atoms with E-state index < -0.39 is 18.5 Å². The normalized spacial score (nSPS) is 13.8. The number of carbonyl (C=O) groups excluding carboxylic acids is 3. The summed E-state index contributed by atoms with van der Waals surface area (Å²) < 4.78 is 10.4. The van der Waals surface area contributed by atoms with Gasteiger partial charge in [-0.05, 0) is 36.8 Å². The molecule has 30 heavy (non-hydrogen) atoms. The fourth-order valence-electron chi connectivity index (χ4n) is 2.97. The third-order valence-electron chi connectivity index (χ3n) is 4.53. The summed E-state index contributed by atoms with van der Waals surface area (Å²) in [5, 5.41) is 3.54. The fourth-order valence-corrected chi connectivity index (χ4v) is 3.28. The molecule has 0 aromatic heterocycles. The van der Waals surface area contributed by atoms with Gasteiger partial charge in [-0.15, -0.1) is 0 Å². The molecule has 1 unspecified atom stereocenters. The van der Waals surface area contributed by atoms with Crippen LogP contribution in [0.2, 0.25) is 10.0 Å². The van der Waals surface area contributed by atoms with Gasteiger partial charge in [0.25, 0.3) is 11.8 Å². The lowest BCUT2D eigenvalue weighted by atomic mass is 10.1. The van der Waals surface area contributed by atoms with E-state index in [0.29, 0.717) is 21.5 Å². The topological polar surface area (TPSA) is 84.9 Å².